The van der Waals surface area contributed by atoms with E-state index >= 15 is 0 Å². The van der Waals surface area contributed by atoms with Gasteiger partial charge >= 0.3 is 0 Å². The van der Waals surface area contributed by atoms with Crippen molar-refractivity contribution in [1.29, 1.82) is 0 Å². The van der Waals surface area contributed by atoms with Crippen molar-refractivity contribution in [3.8, 4) is 0 Å². The molecule has 0 bridgehead atoms. The zero-order valence-corrected chi connectivity index (χ0v) is 13.7. The predicted octanol–water partition coefficient (Wildman–Crippen LogP) is 2.48. The van der Waals surface area contributed by atoms with Crippen molar-refractivity contribution in [3.05, 3.63) is 0 Å². The standard InChI is InChI=1S/C15H33NO3/c1-12(2)18-10-9-15(7,16)14(5,6)19-11-8-13(3,4)17/h12,17H,8-11,16H2,1-7H3. The molecule has 1 atom stereocenters. The van der Waals surface area contributed by atoms with Crippen LogP contribution in [0.3, 0.4) is 0 Å². The largest absolute Gasteiger partial charge is 0.390 e. The second kappa shape index (κ2) is 7.02. The monoisotopic (exact) mass is 275 g/mol. The van der Waals surface area contributed by atoms with Crippen LogP contribution in [0.15, 0.2) is 0 Å². The lowest BCUT2D eigenvalue weighted by molar-refractivity contribution is -0.0921. The summed E-state index contributed by atoms with van der Waals surface area (Å²) in [4.78, 5) is 0. The molecule has 0 radical (unpaired) electrons. The average molecular weight is 275 g/mol. The maximum atomic E-state index is 9.69. The second-order valence-corrected chi connectivity index (χ2v) is 7.01. The van der Waals surface area contributed by atoms with E-state index in [2.05, 4.69) is 0 Å². The topological polar surface area (TPSA) is 64.7 Å². The first-order valence-corrected chi connectivity index (χ1v) is 7.14. The minimum atomic E-state index is -0.707. The smallest absolute Gasteiger partial charge is 0.0803 e. The molecule has 0 aromatic heterocycles. The quantitative estimate of drug-likeness (QED) is 0.678. The lowest BCUT2D eigenvalue weighted by Gasteiger charge is -2.41. The van der Waals surface area contributed by atoms with Gasteiger partial charge in [-0.3, -0.25) is 0 Å². The summed E-state index contributed by atoms with van der Waals surface area (Å²) in [6, 6.07) is 0. The molecule has 4 nitrogen and oxygen atoms in total. The third kappa shape index (κ3) is 7.88. The van der Waals surface area contributed by atoms with Crippen LogP contribution in [0.1, 0.15) is 61.3 Å². The van der Waals surface area contributed by atoms with Gasteiger partial charge in [0.15, 0.2) is 0 Å². The van der Waals surface area contributed by atoms with Gasteiger partial charge in [-0.25, -0.2) is 0 Å². The Morgan fingerprint density at radius 2 is 1.53 bits per heavy atom. The maximum absolute atomic E-state index is 9.69. The van der Waals surface area contributed by atoms with E-state index in [1.54, 1.807) is 13.8 Å². The summed E-state index contributed by atoms with van der Waals surface area (Å²) in [5.41, 5.74) is 4.73. The first-order chi connectivity index (χ1) is 8.37. The fourth-order valence-electron chi connectivity index (χ4n) is 1.53. The van der Waals surface area contributed by atoms with Gasteiger partial charge in [0.25, 0.3) is 0 Å². The molecule has 4 heteroatoms. The maximum Gasteiger partial charge on any atom is 0.0803 e. The van der Waals surface area contributed by atoms with Gasteiger partial charge in [-0.05, 0) is 61.3 Å². The highest BCUT2D eigenvalue weighted by Gasteiger charge is 2.38. The van der Waals surface area contributed by atoms with Gasteiger partial charge in [0.05, 0.1) is 23.9 Å². The van der Waals surface area contributed by atoms with Crippen molar-refractivity contribution in [1.82, 2.24) is 0 Å². The van der Waals surface area contributed by atoms with Crippen LogP contribution in [-0.2, 0) is 9.47 Å². The van der Waals surface area contributed by atoms with E-state index < -0.39 is 16.7 Å². The molecule has 0 aromatic rings. The molecule has 0 saturated carbocycles. The Kier molecular flexibility index (Phi) is 6.96. The Balaban J connectivity index is 4.27. The zero-order valence-electron chi connectivity index (χ0n) is 13.7. The molecule has 0 amide bonds. The van der Waals surface area contributed by atoms with Crippen molar-refractivity contribution in [2.24, 2.45) is 5.73 Å². The number of hydrogen-bond donors (Lipinski definition) is 2. The Hall–Kier alpha value is -0.160. The van der Waals surface area contributed by atoms with Crippen LogP contribution in [0.2, 0.25) is 0 Å². The van der Waals surface area contributed by atoms with E-state index in [0.717, 1.165) is 6.42 Å². The first-order valence-electron chi connectivity index (χ1n) is 7.14. The Labute approximate surface area is 118 Å². The third-order valence-electron chi connectivity index (χ3n) is 3.62. The lowest BCUT2D eigenvalue weighted by atomic mass is 9.82. The summed E-state index contributed by atoms with van der Waals surface area (Å²) >= 11 is 0. The molecule has 3 N–H and O–H groups in total. The molecule has 0 aliphatic carbocycles. The lowest BCUT2D eigenvalue weighted by Crippen LogP contribution is -2.57. The molecular formula is C15H33NO3. The van der Waals surface area contributed by atoms with Crippen LogP contribution in [0, 0.1) is 0 Å². The average Bonchev–Trinajstić information content (AvgIpc) is 2.13. The number of ether oxygens (including phenoxy) is 2. The minimum absolute atomic E-state index is 0.218. The van der Waals surface area contributed by atoms with Crippen molar-refractivity contribution in [2.45, 2.75) is 84.2 Å². The molecule has 0 aromatic carbocycles. The molecular weight excluding hydrogens is 242 g/mol. The molecule has 1 unspecified atom stereocenters. The van der Waals surface area contributed by atoms with Crippen LogP contribution >= 0.6 is 0 Å². The Bertz CT molecular complexity index is 255. The summed E-state index contributed by atoms with van der Waals surface area (Å²) in [5, 5.41) is 9.69. The summed E-state index contributed by atoms with van der Waals surface area (Å²) in [6.07, 6.45) is 1.55. The molecule has 0 fully saturated rings. The van der Waals surface area contributed by atoms with Crippen molar-refractivity contribution >= 4 is 0 Å². The van der Waals surface area contributed by atoms with Gasteiger partial charge in [-0.2, -0.15) is 0 Å². The van der Waals surface area contributed by atoms with E-state index in [4.69, 9.17) is 15.2 Å². The van der Waals surface area contributed by atoms with Crippen LogP contribution in [0.25, 0.3) is 0 Å². The van der Waals surface area contributed by atoms with Gasteiger partial charge in [0.2, 0.25) is 0 Å². The van der Waals surface area contributed by atoms with Gasteiger partial charge in [-0.1, -0.05) is 0 Å². The first kappa shape index (κ1) is 18.8. The summed E-state index contributed by atoms with van der Waals surface area (Å²) in [7, 11) is 0. The van der Waals surface area contributed by atoms with Crippen LogP contribution in [-0.4, -0.2) is 41.2 Å². The molecule has 0 aliphatic rings. The molecule has 0 aliphatic heterocycles. The van der Waals surface area contributed by atoms with E-state index in [9.17, 15) is 5.11 Å². The number of aliphatic hydroxyl groups is 1. The van der Waals surface area contributed by atoms with E-state index in [-0.39, 0.29) is 6.10 Å². The highest BCUT2D eigenvalue weighted by Crippen LogP contribution is 2.27. The van der Waals surface area contributed by atoms with Gasteiger partial charge in [0.1, 0.15) is 0 Å². The zero-order chi connectivity index (χ0) is 15.3. The Morgan fingerprint density at radius 1 is 1.00 bits per heavy atom. The fourth-order valence-corrected chi connectivity index (χ4v) is 1.53. The third-order valence-corrected chi connectivity index (χ3v) is 3.62. The minimum Gasteiger partial charge on any atom is -0.390 e. The van der Waals surface area contributed by atoms with Gasteiger partial charge in [0, 0.05) is 12.1 Å². The fraction of sp³-hybridized carbons (Fsp3) is 1.00. The molecule has 19 heavy (non-hydrogen) atoms. The molecule has 0 saturated heterocycles. The predicted molar refractivity (Wildman–Crippen MR) is 79.2 cm³/mol. The second-order valence-electron chi connectivity index (χ2n) is 7.01. The van der Waals surface area contributed by atoms with Gasteiger partial charge < -0.3 is 20.3 Å². The number of hydrogen-bond acceptors (Lipinski definition) is 4. The normalized spacial score (nSPS) is 16.7. The highest BCUT2D eigenvalue weighted by atomic mass is 16.5. The number of nitrogens with two attached hydrogens (primary N) is 1. The van der Waals surface area contributed by atoms with Crippen molar-refractivity contribution < 1.29 is 14.6 Å². The molecule has 0 spiro atoms. The number of rotatable bonds is 9. The van der Waals surface area contributed by atoms with Gasteiger partial charge in [-0.15, -0.1) is 0 Å². The summed E-state index contributed by atoms with van der Waals surface area (Å²) in [5.74, 6) is 0. The van der Waals surface area contributed by atoms with E-state index in [1.807, 2.05) is 34.6 Å². The Morgan fingerprint density at radius 3 is 1.95 bits per heavy atom. The van der Waals surface area contributed by atoms with Crippen molar-refractivity contribution in [2.75, 3.05) is 13.2 Å². The van der Waals surface area contributed by atoms with Crippen LogP contribution < -0.4 is 5.73 Å². The molecule has 0 heterocycles. The SMILES string of the molecule is CC(C)OCCC(C)(N)C(C)(C)OCCC(C)(C)O. The van der Waals surface area contributed by atoms with Crippen molar-refractivity contribution in [3.63, 3.8) is 0 Å². The summed E-state index contributed by atoms with van der Waals surface area (Å²) < 4.78 is 11.4. The van der Waals surface area contributed by atoms with Crippen LogP contribution in [0.4, 0.5) is 0 Å². The summed E-state index contributed by atoms with van der Waals surface area (Å²) in [6.45, 7) is 14.7. The molecule has 116 valence electrons. The van der Waals surface area contributed by atoms with E-state index in [1.165, 1.54) is 0 Å². The molecule has 0 rings (SSSR count). The highest BCUT2D eigenvalue weighted by molar-refractivity contribution is 4.96. The van der Waals surface area contributed by atoms with E-state index in [0.29, 0.717) is 19.6 Å². The van der Waals surface area contributed by atoms with Crippen LogP contribution in [0.5, 0.6) is 0 Å².